The zero-order valence-corrected chi connectivity index (χ0v) is 9.45. The minimum absolute atomic E-state index is 0.185. The van der Waals surface area contributed by atoms with Gasteiger partial charge in [-0.2, -0.15) is 0 Å². The standard InChI is InChI=1S/C12H19NO2/c1-3-12(4-2,9-13)11(14)8-10-6-5-7-15-10/h5-7H,3-4,8-9,13H2,1-2H3. The Kier molecular flexibility index (Phi) is 4.09. The van der Waals surface area contributed by atoms with Gasteiger partial charge in [-0.25, -0.2) is 0 Å². The molecular formula is C12H19NO2. The van der Waals surface area contributed by atoms with Gasteiger partial charge in [0.1, 0.15) is 11.5 Å². The summed E-state index contributed by atoms with van der Waals surface area (Å²) in [4.78, 5) is 12.1. The predicted octanol–water partition coefficient (Wildman–Crippen LogP) is 2.16. The molecule has 15 heavy (non-hydrogen) atoms. The molecule has 0 aliphatic carbocycles. The summed E-state index contributed by atoms with van der Waals surface area (Å²) in [6, 6.07) is 3.62. The van der Waals surface area contributed by atoms with E-state index in [4.69, 9.17) is 10.2 Å². The Labute approximate surface area is 90.6 Å². The van der Waals surface area contributed by atoms with Gasteiger partial charge in [0.2, 0.25) is 0 Å². The van der Waals surface area contributed by atoms with Crippen LogP contribution < -0.4 is 5.73 Å². The van der Waals surface area contributed by atoms with E-state index in [1.807, 2.05) is 19.9 Å². The molecule has 0 saturated heterocycles. The van der Waals surface area contributed by atoms with Crippen molar-refractivity contribution in [3.63, 3.8) is 0 Å². The van der Waals surface area contributed by atoms with Crippen LogP contribution in [0.3, 0.4) is 0 Å². The van der Waals surface area contributed by atoms with Crippen LogP contribution in [-0.2, 0) is 11.2 Å². The normalized spacial score (nSPS) is 11.7. The number of hydrogen-bond acceptors (Lipinski definition) is 3. The lowest BCUT2D eigenvalue weighted by Crippen LogP contribution is -2.38. The topological polar surface area (TPSA) is 56.2 Å². The summed E-state index contributed by atoms with van der Waals surface area (Å²) in [6.07, 6.45) is 3.52. The van der Waals surface area contributed by atoms with Crippen LogP contribution in [0.15, 0.2) is 22.8 Å². The van der Waals surface area contributed by atoms with Crippen LogP contribution in [0.25, 0.3) is 0 Å². The Morgan fingerprint density at radius 3 is 2.53 bits per heavy atom. The van der Waals surface area contributed by atoms with Crippen LogP contribution in [0.4, 0.5) is 0 Å². The first-order valence-corrected chi connectivity index (χ1v) is 5.44. The van der Waals surface area contributed by atoms with E-state index >= 15 is 0 Å². The second-order valence-corrected chi connectivity index (χ2v) is 3.87. The van der Waals surface area contributed by atoms with Crippen molar-refractivity contribution in [2.24, 2.45) is 11.1 Å². The van der Waals surface area contributed by atoms with Crippen LogP contribution in [0.2, 0.25) is 0 Å². The van der Waals surface area contributed by atoms with Gasteiger partial charge in [-0.15, -0.1) is 0 Å². The molecule has 3 nitrogen and oxygen atoms in total. The molecule has 0 spiro atoms. The Morgan fingerprint density at radius 1 is 1.47 bits per heavy atom. The molecule has 0 bridgehead atoms. The molecule has 0 aliphatic heterocycles. The Hall–Kier alpha value is -1.09. The van der Waals surface area contributed by atoms with Gasteiger partial charge in [0.05, 0.1) is 12.7 Å². The summed E-state index contributed by atoms with van der Waals surface area (Å²) in [5.74, 6) is 0.907. The molecule has 0 saturated carbocycles. The highest BCUT2D eigenvalue weighted by molar-refractivity contribution is 5.86. The van der Waals surface area contributed by atoms with Gasteiger partial charge < -0.3 is 10.2 Å². The summed E-state index contributed by atoms with van der Waals surface area (Å²) >= 11 is 0. The maximum atomic E-state index is 12.1. The molecule has 1 aromatic rings. The number of nitrogens with two attached hydrogens (primary N) is 1. The zero-order chi connectivity index (χ0) is 11.3. The molecule has 2 N–H and O–H groups in total. The average molecular weight is 209 g/mol. The number of hydrogen-bond donors (Lipinski definition) is 1. The second-order valence-electron chi connectivity index (χ2n) is 3.87. The van der Waals surface area contributed by atoms with Gasteiger partial charge in [-0.1, -0.05) is 13.8 Å². The number of Topliss-reactive ketones (excluding diaryl/α,β-unsaturated/α-hetero) is 1. The van der Waals surface area contributed by atoms with Crippen LogP contribution in [-0.4, -0.2) is 12.3 Å². The van der Waals surface area contributed by atoms with E-state index in [1.54, 1.807) is 12.3 Å². The number of furan rings is 1. The molecule has 0 aromatic carbocycles. The predicted molar refractivity (Wildman–Crippen MR) is 59.5 cm³/mol. The first kappa shape index (κ1) is 12.0. The van der Waals surface area contributed by atoms with Gasteiger partial charge in [0.15, 0.2) is 0 Å². The fourth-order valence-electron chi connectivity index (χ4n) is 1.81. The molecule has 0 aliphatic rings. The molecule has 0 unspecified atom stereocenters. The average Bonchev–Trinajstić information content (AvgIpc) is 2.74. The van der Waals surface area contributed by atoms with E-state index < -0.39 is 0 Å². The smallest absolute Gasteiger partial charge is 0.147 e. The van der Waals surface area contributed by atoms with Gasteiger partial charge in [-0.3, -0.25) is 4.79 Å². The van der Waals surface area contributed by atoms with Gasteiger partial charge in [0.25, 0.3) is 0 Å². The van der Waals surface area contributed by atoms with Crippen molar-refractivity contribution in [2.45, 2.75) is 33.1 Å². The van der Waals surface area contributed by atoms with Crippen molar-refractivity contribution in [3.05, 3.63) is 24.2 Å². The fourth-order valence-corrected chi connectivity index (χ4v) is 1.81. The molecule has 3 heteroatoms. The molecule has 0 amide bonds. The number of carbonyl (C=O) groups is 1. The third-order valence-electron chi connectivity index (χ3n) is 3.25. The van der Waals surface area contributed by atoms with Crippen LogP contribution >= 0.6 is 0 Å². The fraction of sp³-hybridized carbons (Fsp3) is 0.583. The van der Waals surface area contributed by atoms with E-state index in [9.17, 15) is 4.79 Å². The van der Waals surface area contributed by atoms with Crippen molar-refractivity contribution in [1.82, 2.24) is 0 Å². The van der Waals surface area contributed by atoms with Crippen molar-refractivity contribution >= 4 is 5.78 Å². The van der Waals surface area contributed by atoms with Crippen molar-refractivity contribution in [3.8, 4) is 0 Å². The van der Waals surface area contributed by atoms with Crippen LogP contribution in [0.5, 0.6) is 0 Å². The summed E-state index contributed by atoms with van der Waals surface area (Å²) in [6.45, 7) is 4.44. The number of ketones is 1. The van der Waals surface area contributed by atoms with E-state index in [2.05, 4.69) is 0 Å². The van der Waals surface area contributed by atoms with Crippen LogP contribution in [0.1, 0.15) is 32.4 Å². The summed E-state index contributed by atoms with van der Waals surface area (Å²) < 4.78 is 5.17. The minimum atomic E-state index is -0.368. The van der Waals surface area contributed by atoms with Gasteiger partial charge in [-0.05, 0) is 25.0 Å². The van der Waals surface area contributed by atoms with E-state index in [0.717, 1.165) is 18.6 Å². The summed E-state index contributed by atoms with van der Waals surface area (Å²) in [5, 5.41) is 0. The molecule has 0 radical (unpaired) electrons. The van der Waals surface area contributed by atoms with E-state index in [-0.39, 0.29) is 11.2 Å². The highest BCUT2D eigenvalue weighted by atomic mass is 16.3. The maximum absolute atomic E-state index is 12.1. The first-order valence-electron chi connectivity index (χ1n) is 5.44. The number of carbonyl (C=O) groups excluding carboxylic acids is 1. The quantitative estimate of drug-likeness (QED) is 0.781. The Bertz CT molecular complexity index is 291. The third kappa shape index (κ3) is 2.48. The molecule has 84 valence electrons. The SMILES string of the molecule is CCC(CC)(CN)C(=O)Cc1ccco1. The highest BCUT2D eigenvalue weighted by Gasteiger charge is 2.33. The lowest BCUT2D eigenvalue weighted by Gasteiger charge is -2.27. The van der Waals surface area contributed by atoms with Gasteiger partial charge >= 0.3 is 0 Å². The molecular weight excluding hydrogens is 190 g/mol. The largest absolute Gasteiger partial charge is 0.469 e. The van der Waals surface area contributed by atoms with Crippen molar-refractivity contribution in [2.75, 3.05) is 6.54 Å². The van der Waals surface area contributed by atoms with Crippen molar-refractivity contribution < 1.29 is 9.21 Å². The summed E-state index contributed by atoms with van der Waals surface area (Å²) in [5.41, 5.74) is 5.34. The van der Waals surface area contributed by atoms with E-state index in [0.29, 0.717) is 13.0 Å². The van der Waals surface area contributed by atoms with Crippen molar-refractivity contribution in [1.29, 1.82) is 0 Å². The minimum Gasteiger partial charge on any atom is -0.469 e. The first-order chi connectivity index (χ1) is 7.18. The Morgan fingerprint density at radius 2 is 2.13 bits per heavy atom. The number of rotatable bonds is 6. The van der Waals surface area contributed by atoms with E-state index in [1.165, 1.54) is 0 Å². The molecule has 0 atom stereocenters. The monoisotopic (exact) mass is 209 g/mol. The van der Waals surface area contributed by atoms with Gasteiger partial charge in [0, 0.05) is 12.0 Å². The molecule has 1 rings (SSSR count). The molecule has 1 heterocycles. The molecule has 1 aromatic heterocycles. The maximum Gasteiger partial charge on any atom is 0.147 e. The lowest BCUT2D eigenvalue weighted by atomic mass is 9.77. The van der Waals surface area contributed by atoms with Crippen LogP contribution in [0, 0.1) is 5.41 Å². The highest BCUT2D eigenvalue weighted by Crippen LogP contribution is 2.27. The third-order valence-corrected chi connectivity index (χ3v) is 3.25. The lowest BCUT2D eigenvalue weighted by molar-refractivity contribution is -0.128. The zero-order valence-electron chi connectivity index (χ0n) is 9.45. The second kappa shape index (κ2) is 5.12. The Balaban J connectivity index is 2.73. The summed E-state index contributed by atoms with van der Waals surface area (Å²) in [7, 11) is 0. The molecule has 0 fully saturated rings.